The van der Waals surface area contributed by atoms with E-state index in [0.717, 1.165) is 44.3 Å². The zero-order valence-corrected chi connectivity index (χ0v) is 16.0. The van der Waals surface area contributed by atoms with E-state index in [1.165, 1.54) is 0 Å². The standard InChI is InChI=1S/C24H26N2O2/c27-23(21-15-7-4-8-16-21)25-22(17-11-14-20-12-5-3-6-13-20)24(28)26-18-9-1-2-10-19-26/h3-8,11-17H,1-2,9-10,18-19H2,(H,25,27)/b14-11-,22-17+. The number of nitrogens with one attached hydrogen (secondary N) is 1. The summed E-state index contributed by atoms with van der Waals surface area (Å²) in [5, 5.41) is 2.82. The van der Waals surface area contributed by atoms with E-state index in [4.69, 9.17) is 0 Å². The number of carbonyl (C=O) groups excluding carboxylic acids is 2. The summed E-state index contributed by atoms with van der Waals surface area (Å²) in [5.74, 6) is -0.396. The summed E-state index contributed by atoms with van der Waals surface area (Å²) in [5.41, 5.74) is 1.88. The topological polar surface area (TPSA) is 49.4 Å². The van der Waals surface area contributed by atoms with E-state index in [1.807, 2.05) is 65.6 Å². The van der Waals surface area contributed by atoms with Crippen molar-refractivity contribution in [2.45, 2.75) is 25.7 Å². The fourth-order valence-corrected chi connectivity index (χ4v) is 3.21. The molecule has 4 nitrogen and oxygen atoms in total. The van der Waals surface area contributed by atoms with Gasteiger partial charge in [-0.15, -0.1) is 0 Å². The van der Waals surface area contributed by atoms with Gasteiger partial charge in [-0.05, 0) is 36.6 Å². The molecule has 0 saturated carbocycles. The Morgan fingerprint density at radius 2 is 1.43 bits per heavy atom. The van der Waals surface area contributed by atoms with Crippen molar-refractivity contribution in [2.24, 2.45) is 0 Å². The highest BCUT2D eigenvalue weighted by Gasteiger charge is 2.21. The average molecular weight is 374 g/mol. The molecule has 0 unspecified atom stereocenters. The third-order valence-electron chi connectivity index (χ3n) is 4.76. The first-order valence-corrected chi connectivity index (χ1v) is 9.83. The van der Waals surface area contributed by atoms with E-state index < -0.39 is 0 Å². The Morgan fingerprint density at radius 3 is 2.07 bits per heavy atom. The number of hydrogen-bond acceptors (Lipinski definition) is 2. The predicted octanol–water partition coefficient (Wildman–Crippen LogP) is 4.42. The lowest BCUT2D eigenvalue weighted by Gasteiger charge is -2.22. The second kappa shape index (κ2) is 10.3. The Balaban J connectivity index is 1.80. The van der Waals surface area contributed by atoms with Gasteiger partial charge in [0, 0.05) is 18.7 Å². The number of nitrogens with zero attached hydrogens (tertiary/aromatic N) is 1. The number of benzene rings is 2. The van der Waals surface area contributed by atoms with Crippen molar-refractivity contribution in [3.63, 3.8) is 0 Å². The number of likely N-dealkylation sites (tertiary alicyclic amines) is 1. The highest BCUT2D eigenvalue weighted by Crippen LogP contribution is 2.13. The zero-order chi connectivity index (χ0) is 19.6. The van der Waals surface area contributed by atoms with Crippen LogP contribution in [0.3, 0.4) is 0 Å². The molecule has 1 heterocycles. The minimum Gasteiger partial charge on any atom is -0.337 e. The van der Waals surface area contributed by atoms with E-state index in [1.54, 1.807) is 18.2 Å². The number of allylic oxidation sites excluding steroid dienone is 2. The van der Waals surface area contributed by atoms with Crippen LogP contribution in [0.4, 0.5) is 0 Å². The van der Waals surface area contributed by atoms with Crippen LogP contribution in [0.15, 0.2) is 78.5 Å². The van der Waals surface area contributed by atoms with Gasteiger partial charge < -0.3 is 10.2 Å². The van der Waals surface area contributed by atoms with Gasteiger partial charge in [-0.2, -0.15) is 0 Å². The van der Waals surface area contributed by atoms with Gasteiger partial charge in [0.2, 0.25) is 0 Å². The second-order valence-corrected chi connectivity index (χ2v) is 6.88. The maximum atomic E-state index is 13.1. The van der Waals surface area contributed by atoms with E-state index in [0.29, 0.717) is 11.3 Å². The van der Waals surface area contributed by atoms with Gasteiger partial charge in [0.15, 0.2) is 0 Å². The van der Waals surface area contributed by atoms with Crippen LogP contribution in [0.1, 0.15) is 41.6 Å². The molecular weight excluding hydrogens is 348 g/mol. The van der Waals surface area contributed by atoms with E-state index in [2.05, 4.69) is 5.32 Å². The van der Waals surface area contributed by atoms with Gasteiger partial charge in [-0.25, -0.2) is 0 Å². The Morgan fingerprint density at radius 1 is 0.821 bits per heavy atom. The summed E-state index contributed by atoms with van der Waals surface area (Å²) < 4.78 is 0. The van der Waals surface area contributed by atoms with Crippen LogP contribution in [-0.2, 0) is 4.79 Å². The zero-order valence-electron chi connectivity index (χ0n) is 16.0. The Kier molecular flexibility index (Phi) is 7.19. The summed E-state index contributed by atoms with van der Waals surface area (Å²) in [6.07, 6.45) is 9.73. The maximum Gasteiger partial charge on any atom is 0.270 e. The van der Waals surface area contributed by atoms with Crippen molar-refractivity contribution in [2.75, 3.05) is 13.1 Å². The monoisotopic (exact) mass is 374 g/mol. The van der Waals surface area contributed by atoms with Crippen molar-refractivity contribution >= 4 is 17.9 Å². The third kappa shape index (κ3) is 5.68. The molecule has 2 aromatic rings. The van der Waals surface area contributed by atoms with E-state index in [9.17, 15) is 9.59 Å². The van der Waals surface area contributed by atoms with Crippen LogP contribution in [0.2, 0.25) is 0 Å². The van der Waals surface area contributed by atoms with Gasteiger partial charge in [-0.1, -0.05) is 73.5 Å². The summed E-state index contributed by atoms with van der Waals surface area (Å²) >= 11 is 0. The summed E-state index contributed by atoms with van der Waals surface area (Å²) in [6, 6.07) is 18.8. The lowest BCUT2D eigenvalue weighted by molar-refractivity contribution is -0.127. The van der Waals surface area contributed by atoms with Crippen molar-refractivity contribution in [1.29, 1.82) is 0 Å². The highest BCUT2D eigenvalue weighted by molar-refractivity contribution is 6.03. The predicted molar refractivity (Wildman–Crippen MR) is 113 cm³/mol. The summed E-state index contributed by atoms with van der Waals surface area (Å²) in [7, 11) is 0. The molecule has 1 saturated heterocycles. The van der Waals surface area contributed by atoms with Gasteiger partial charge >= 0.3 is 0 Å². The lowest BCUT2D eigenvalue weighted by Crippen LogP contribution is -2.39. The largest absolute Gasteiger partial charge is 0.337 e. The Hall–Kier alpha value is -3.14. The molecule has 1 N–H and O–H groups in total. The highest BCUT2D eigenvalue weighted by atomic mass is 16.2. The lowest BCUT2D eigenvalue weighted by atomic mass is 10.2. The average Bonchev–Trinajstić information content (AvgIpc) is 3.03. The first kappa shape index (κ1) is 19.6. The van der Waals surface area contributed by atoms with Gasteiger partial charge in [0.1, 0.15) is 5.70 Å². The molecule has 1 aliphatic rings. The number of carbonyl (C=O) groups is 2. The molecule has 0 spiro atoms. The number of rotatable bonds is 5. The molecule has 2 aromatic carbocycles. The summed E-state index contributed by atoms with van der Waals surface area (Å²) in [4.78, 5) is 27.5. The minimum atomic E-state index is -0.275. The fourth-order valence-electron chi connectivity index (χ4n) is 3.21. The van der Waals surface area contributed by atoms with Crippen LogP contribution in [-0.4, -0.2) is 29.8 Å². The fraction of sp³-hybridized carbons (Fsp3) is 0.250. The van der Waals surface area contributed by atoms with Crippen LogP contribution in [0, 0.1) is 0 Å². The van der Waals surface area contributed by atoms with Crippen LogP contribution >= 0.6 is 0 Å². The molecule has 3 rings (SSSR count). The molecule has 4 heteroatoms. The summed E-state index contributed by atoms with van der Waals surface area (Å²) in [6.45, 7) is 1.47. The van der Waals surface area contributed by atoms with Crippen molar-refractivity contribution in [3.05, 3.63) is 89.6 Å². The van der Waals surface area contributed by atoms with E-state index >= 15 is 0 Å². The molecule has 2 amide bonds. The molecule has 28 heavy (non-hydrogen) atoms. The normalized spacial score (nSPS) is 15.3. The molecule has 0 radical (unpaired) electrons. The second-order valence-electron chi connectivity index (χ2n) is 6.88. The van der Waals surface area contributed by atoms with Crippen LogP contribution < -0.4 is 5.32 Å². The molecular formula is C24H26N2O2. The first-order chi connectivity index (χ1) is 13.7. The molecule has 1 aliphatic heterocycles. The molecule has 0 aromatic heterocycles. The number of hydrogen-bond donors (Lipinski definition) is 1. The van der Waals surface area contributed by atoms with Gasteiger partial charge in [0.25, 0.3) is 11.8 Å². The van der Waals surface area contributed by atoms with E-state index in [-0.39, 0.29) is 11.8 Å². The first-order valence-electron chi connectivity index (χ1n) is 9.83. The van der Waals surface area contributed by atoms with Crippen molar-refractivity contribution in [1.82, 2.24) is 10.2 Å². The molecule has 0 aliphatic carbocycles. The van der Waals surface area contributed by atoms with Crippen LogP contribution in [0.5, 0.6) is 0 Å². The maximum absolute atomic E-state index is 13.1. The Bertz CT molecular complexity index is 833. The van der Waals surface area contributed by atoms with Gasteiger partial charge in [0.05, 0.1) is 0 Å². The smallest absolute Gasteiger partial charge is 0.270 e. The van der Waals surface area contributed by atoms with Crippen molar-refractivity contribution in [3.8, 4) is 0 Å². The van der Waals surface area contributed by atoms with Crippen LogP contribution in [0.25, 0.3) is 6.08 Å². The molecule has 0 atom stereocenters. The molecule has 1 fully saturated rings. The Labute approximate surface area is 166 Å². The minimum absolute atomic E-state index is 0.121. The SMILES string of the molecule is O=C(N/C(=C/C=C\c1ccccc1)C(=O)N1CCCCCC1)c1ccccc1. The quantitative estimate of drug-likeness (QED) is 0.622. The number of amides is 2. The molecule has 144 valence electrons. The molecule has 0 bridgehead atoms. The third-order valence-corrected chi connectivity index (χ3v) is 4.76. The van der Waals surface area contributed by atoms with Crippen molar-refractivity contribution < 1.29 is 9.59 Å². The van der Waals surface area contributed by atoms with Gasteiger partial charge in [-0.3, -0.25) is 9.59 Å².